The number of carboxylic acid groups (broad SMARTS) is 2. The van der Waals surface area contributed by atoms with Gasteiger partial charge in [0, 0.05) is 0 Å². The molecule has 2 rings (SSSR count). The number of carboxylic acids is 2. The Morgan fingerprint density at radius 1 is 0.933 bits per heavy atom. The molecule has 0 radical (unpaired) electrons. The van der Waals surface area contributed by atoms with E-state index in [-0.39, 0.29) is 5.56 Å². The number of hydrogen-bond donors (Lipinski definition) is 4. The minimum atomic E-state index is -2.23. The van der Waals surface area contributed by atoms with Gasteiger partial charge in [0.1, 0.15) is 17.5 Å². The summed E-state index contributed by atoms with van der Waals surface area (Å²) >= 11 is 0. The van der Waals surface area contributed by atoms with Gasteiger partial charge in [-0.25, -0.2) is 9.59 Å². The van der Waals surface area contributed by atoms with E-state index in [1.54, 1.807) is 36.4 Å². The third-order valence-electron chi connectivity index (χ3n) is 4.09. The van der Waals surface area contributed by atoms with Gasteiger partial charge >= 0.3 is 17.9 Å². The third-order valence-corrected chi connectivity index (χ3v) is 4.09. The number of benzene rings is 2. The first-order chi connectivity index (χ1) is 14.1. The van der Waals surface area contributed by atoms with Gasteiger partial charge in [-0.2, -0.15) is 0 Å². The molecule has 0 bridgehead atoms. The van der Waals surface area contributed by atoms with Crippen molar-refractivity contribution in [2.75, 3.05) is 21.3 Å². The molecule has 2 aromatic rings. The Hall–Kier alpha value is -3.63. The van der Waals surface area contributed by atoms with Crippen LogP contribution >= 0.6 is 0 Å². The van der Waals surface area contributed by atoms with Crippen molar-refractivity contribution in [3.63, 3.8) is 0 Å². The maximum Gasteiger partial charge on any atom is 0.342 e. The Bertz CT molecular complexity index is 902. The van der Waals surface area contributed by atoms with Gasteiger partial charge in [-0.05, 0) is 35.4 Å². The minimum absolute atomic E-state index is 0.0937. The standard InChI is InChI=1S/C11H13NO5.C9H11NO3/c1-16-8-5-3-4-7(6-8)11(12,9(13)14)10(15)17-2;1-13-7-4-2-3-6(5-7)8(10)9(11)12/h3-6H,12H2,1-2H3,(H,13,14);2-5,8H,10H2,1H3,(H,11,12). The van der Waals surface area contributed by atoms with Crippen LogP contribution in [0.25, 0.3) is 0 Å². The van der Waals surface area contributed by atoms with E-state index in [0.29, 0.717) is 17.1 Å². The molecular formula is C20H24N2O8. The Morgan fingerprint density at radius 2 is 1.47 bits per heavy atom. The Labute approximate surface area is 173 Å². The second-order valence-corrected chi connectivity index (χ2v) is 5.93. The van der Waals surface area contributed by atoms with Crippen molar-refractivity contribution in [3.05, 3.63) is 59.7 Å². The quantitative estimate of drug-likeness (QED) is 0.372. The highest BCUT2D eigenvalue weighted by atomic mass is 16.5. The van der Waals surface area contributed by atoms with E-state index in [2.05, 4.69) is 4.74 Å². The fraction of sp³-hybridized carbons (Fsp3) is 0.250. The molecule has 0 saturated heterocycles. The number of aliphatic carboxylic acids is 2. The lowest BCUT2D eigenvalue weighted by Gasteiger charge is -2.22. The van der Waals surface area contributed by atoms with E-state index in [9.17, 15) is 14.4 Å². The van der Waals surface area contributed by atoms with Crippen LogP contribution in [0.15, 0.2) is 48.5 Å². The van der Waals surface area contributed by atoms with Crippen LogP contribution in [0.1, 0.15) is 17.2 Å². The number of esters is 1. The summed E-state index contributed by atoms with van der Waals surface area (Å²) < 4.78 is 14.3. The summed E-state index contributed by atoms with van der Waals surface area (Å²) in [6.07, 6.45) is 0. The maximum atomic E-state index is 11.5. The van der Waals surface area contributed by atoms with E-state index in [1.165, 1.54) is 26.4 Å². The van der Waals surface area contributed by atoms with Gasteiger partial charge in [0.2, 0.25) is 5.54 Å². The molecule has 162 valence electrons. The second kappa shape index (κ2) is 10.8. The number of nitrogens with two attached hydrogens (primary N) is 2. The average molecular weight is 420 g/mol. The first-order valence-corrected chi connectivity index (χ1v) is 8.49. The minimum Gasteiger partial charge on any atom is -0.497 e. The maximum absolute atomic E-state index is 11.5. The van der Waals surface area contributed by atoms with Gasteiger partial charge in [0.05, 0.1) is 21.3 Å². The van der Waals surface area contributed by atoms with E-state index in [4.69, 9.17) is 31.2 Å². The lowest BCUT2D eigenvalue weighted by molar-refractivity contribution is -0.159. The summed E-state index contributed by atoms with van der Waals surface area (Å²) in [5.41, 5.74) is 9.41. The van der Waals surface area contributed by atoms with Crippen molar-refractivity contribution in [1.82, 2.24) is 0 Å². The molecule has 30 heavy (non-hydrogen) atoms. The van der Waals surface area contributed by atoms with E-state index < -0.39 is 29.5 Å². The molecule has 0 aromatic heterocycles. The second-order valence-electron chi connectivity index (χ2n) is 5.93. The summed E-state index contributed by atoms with van der Waals surface area (Å²) in [6.45, 7) is 0. The summed E-state index contributed by atoms with van der Waals surface area (Å²) in [5, 5.41) is 17.7. The summed E-state index contributed by atoms with van der Waals surface area (Å²) in [4.78, 5) is 33.2. The monoisotopic (exact) mass is 420 g/mol. The van der Waals surface area contributed by atoms with Crippen LogP contribution in [0.2, 0.25) is 0 Å². The third kappa shape index (κ3) is 5.69. The number of methoxy groups -OCH3 is 3. The fourth-order valence-electron chi connectivity index (χ4n) is 2.34. The van der Waals surface area contributed by atoms with Crippen LogP contribution in [0.4, 0.5) is 0 Å². The van der Waals surface area contributed by atoms with Crippen molar-refractivity contribution >= 4 is 17.9 Å². The van der Waals surface area contributed by atoms with Crippen molar-refractivity contribution < 1.29 is 38.8 Å². The Morgan fingerprint density at radius 3 is 1.93 bits per heavy atom. The summed E-state index contributed by atoms with van der Waals surface area (Å²) in [5.74, 6) is -2.57. The van der Waals surface area contributed by atoms with Gasteiger partial charge < -0.3 is 35.9 Å². The molecule has 2 atom stereocenters. The molecule has 0 aliphatic carbocycles. The van der Waals surface area contributed by atoms with Crippen LogP contribution in [-0.4, -0.2) is 49.5 Å². The molecule has 0 saturated carbocycles. The molecule has 0 aliphatic rings. The predicted octanol–water partition coefficient (Wildman–Crippen LogP) is 0.886. The zero-order valence-corrected chi connectivity index (χ0v) is 16.7. The first-order valence-electron chi connectivity index (χ1n) is 8.49. The lowest BCUT2D eigenvalue weighted by Crippen LogP contribution is -2.52. The normalized spacial score (nSPS) is 13.0. The van der Waals surface area contributed by atoms with E-state index in [1.807, 2.05) is 0 Å². The molecular weight excluding hydrogens is 396 g/mol. The Kier molecular flexibility index (Phi) is 8.78. The molecule has 2 unspecified atom stereocenters. The highest BCUT2D eigenvalue weighted by Crippen LogP contribution is 2.24. The Balaban J connectivity index is 0.000000311. The number of rotatable bonds is 7. The molecule has 6 N–H and O–H groups in total. The predicted molar refractivity (Wildman–Crippen MR) is 106 cm³/mol. The zero-order chi connectivity index (χ0) is 22.9. The molecule has 0 spiro atoms. The molecule has 10 nitrogen and oxygen atoms in total. The van der Waals surface area contributed by atoms with Gasteiger partial charge in [0.15, 0.2) is 0 Å². The van der Waals surface area contributed by atoms with Crippen LogP contribution < -0.4 is 20.9 Å². The van der Waals surface area contributed by atoms with E-state index >= 15 is 0 Å². The highest BCUT2D eigenvalue weighted by molar-refractivity contribution is 6.04. The number of hydrogen-bond acceptors (Lipinski definition) is 8. The SMILES string of the molecule is COC(=O)C(N)(C(=O)O)c1cccc(OC)c1.COc1cccc(C(N)C(=O)O)c1. The highest BCUT2D eigenvalue weighted by Gasteiger charge is 2.45. The van der Waals surface area contributed by atoms with Gasteiger partial charge in [-0.1, -0.05) is 24.3 Å². The van der Waals surface area contributed by atoms with Gasteiger partial charge in [-0.15, -0.1) is 0 Å². The van der Waals surface area contributed by atoms with Crippen LogP contribution in [0.3, 0.4) is 0 Å². The molecule has 0 aliphatic heterocycles. The number of carbonyl (C=O) groups excluding carboxylic acids is 1. The molecule has 0 heterocycles. The lowest BCUT2D eigenvalue weighted by atomic mass is 9.91. The molecule has 2 aromatic carbocycles. The zero-order valence-electron chi connectivity index (χ0n) is 16.7. The van der Waals surface area contributed by atoms with Crippen LogP contribution in [-0.2, 0) is 24.7 Å². The van der Waals surface area contributed by atoms with Crippen molar-refractivity contribution in [2.24, 2.45) is 11.5 Å². The fourth-order valence-corrected chi connectivity index (χ4v) is 2.34. The molecule has 0 amide bonds. The van der Waals surface area contributed by atoms with Gasteiger partial charge in [0.25, 0.3) is 0 Å². The molecule has 0 fully saturated rings. The van der Waals surface area contributed by atoms with Crippen molar-refractivity contribution in [3.8, 4) is 11.5 Å². The number of ether oxygens (including phenoxy) is 3. The average Bonchev–Trinajstić information content (AvgIpc) is 2.77. The summed E-state index contributed by atoms with van der Waals surface area (Å²) in [6, 6.07) is 11.7. The topological polar surface area (TPSA) is 171 Å². The van der Waals surface area contributed by atoms with Crippen LogP contribution in [0.5, 0.6) is 11.5 Å². The van der Waals surface area contributed by atoms with E-state index in [0.717, 1.165) is 7.11 Å². The summed E-state index contributed by atoms with van der Waals surface area (Å²) in [7, 11) is 4.02. The number of carbonyl (C=O) groups is 3. The largest absolute Gasteiger partial charge is 0.497 e. The van der Waals surface area contributed by atoms with Crippen molar-refractivity contribution in [1.29, 1.82) is 0 Å². The molecule has 10 heteroatoms. The first kappa shape index (κ1) is 24.4. The smallest absolute Gasteiger partial charge is 0.342 e. The van der Waals surface area contributed by atoms with Crippen molar-refractivity contribution in [2.45, 2.75) is 11.6 Å². The van der Waals surface area contributed by atoms with Gasteiger partial charge in [-0.3, -0.25) is 4.79 Å². The van der Waals surface area contributed by atoms with Crippen LogP contribution in [0, 0.1) is 0 Å².